The van der Waals surface area contributed by atoms with Gasteiger partial charge in [-0.05, 0) is 99.4 Å². The van der Waals surface area contributed by atoms with E-state index < -0.39 is 0 Å². The number of fused-ring (bicyclic) bond motifs is 5. The lowest BCUT2D eigenvalue weighted by molar-refractivity contribution is 0.617. The van der Waals surface area contributed by atoms with Crippen LogP contribution in [0.25, 0.3) is 88.6 Å². The number of furan rings is 1. The number of rotatable bonds is 7. The second-order valence-electron chi connectivity index (χ2n) is 14.4. The van der Waals surface area contributed by atoms with Crippen LogP contribution in [-0.4, -0.2) is 4.98 Å². The van der Waals surface area contributed by atoms with Crippen LogP contribution in [0.15, 0.2) is 215 Å². The molecule has 9 aromatic carbocycles. The van der Waals surface area contributed by atoms with E-state index in [-0.39, 0.29) is 0 Å². The van der Waals surface area contributed by atoms with Gasteiger partial charge in [0, 0.05) is 39.2 Å². The van der Waals surface area contributed by atoms with Crippen LogP contribution >= 0.6 is 0 Å². The monoisotopic (exact) mass is 730 g/mol. The highest BCUT2D eigenvalue weighted by Crippen LogP contribution is 2.43. The van der Waals surface area contributed by atoms with Crippen molar-refractivity contribution in [2.75, 3.05) is 4.90 Å². The molecular formula is C53H34N2O2. The zero-order valence-electron chi connectivity index (χ0n) is 30.8. The first-order valence-corrected chi connectivity index (χ1v) is 19.2. The minimum atomic E-state index is 0.602. The van der Waals surface area contributed by atoms with E-state index in [1.54, 1.807) is 0 Å². The Kier molecular flexibility index (Phi) is 7.78. The predicted molar refractivity (Wildman–Crippen MR) is 235 cm³/mol. The van der Waals surface area contributed by atoms with E-state index >= 15 is 0 Å². The molecule has 0 spiro atoms. The Morgan fingerprint density at radius 3 is 1.56 bits per heavy atom. The van der Waals surface area contributed by atoms with Crippen LogP contribution < -0.4 is 4.90 Å². The fourth-order valence-electron chi connectivity index (χ4n) is 8.09. The number of oxazole rings is 1. The second-order valence-corrected chi connectivity index (χ2v) is 14.4. The van der Waals surface area contributed by atoms with Crippen LogP contribution in [0, 0.1) is 0 Å². The van der Waals surface area contributed by atoms with Crippen molar-refractivity contribution in [3.8, 4) is 44.8 Å². The van der Waals surface area contributed by atoms with Gasteiger partial charge in [0.1, 0.15) is 16.7 Å². The van der Waals surface area contributed by atoms with Gasteiger partial charge < -0.3 is 13.7 Å². The molecule has 0 aliphatic carbocycles. The summed E-state index contributed by atoms with van der Waals surface area (Å²) in [6, 6.07) is 72.6. The van der Waals surface area contributed by atoms with E-state index in [0.29, 0.717) is 11.5 Å². The quantitative estimate of drug-likeness (QED) is 0.164. The third-order valence-corrected chi connectivity index (χ3v) is 10.9. The van der Waals surface area contributed by atoms with E-state index in [9.17, 15) is 0 Å². The molecule has 2 heterocycles. The van der Waals surface area contributed by atoms with Gasteiger partial charge in [-0.2, -0.15) is 0 Å². The predicted octanol–water partition coefficient (Wildman–Crippen LogP) is 15.0. The first-order valence-electron chi connectivity index (χ1n) is 19.2. The van der Waals surface area contributed by atoms with E-state index in [1.165, 1.54) is 33.0 Å². The van der Waals surface area contributed by atoms with Crippen LogP contribution in [0.4, 0.5) is 17.1 Å². The van der Waals surface area contributed by atoms with E-state index in [0.717, 1.165) is 61.2 Å². The maximum absolute atomic E-state index is 6.33. The van der Waals surface area contributed by atoms with Gasteiger partial charge in [0.25, 0.3) is 0 Å². The molecule has 2 aromatic heterocycles. The van der Waals surface area contributed by atoms with Gasteiger partial charge in [-0.1, -0.05) is 140 Å². The minimum absolute atomic E-state index is 0.602. The molecule has 0 N–H and O–H groups in total. The molecule has 4 nitrogen and oxygen atoms in total. The van der Waals surface area contributed by atoms with E-state index in [2.05, 4.69) is 175 Å². The molecule has 268 valence electrons. The zero-order chi connectivity index (χ0) is 37.7. The number of benzene rings is 9. The molecule has 0 atom stereocenters. The largest absolute Gasteiger partial charge is 0.456 e. The molecule has 0 saturated carbocycles. The average Bonchev–Trinajstić information content (AvgIpc) is 3.87. The molecule has 0 unspecified atom stereocenters. The smallest absolute Gasteiger partial charge is 0.227 e. The van der Waals surface area contributed by atoms with Gasteiger partial charge >= 0.3 is 0 Å². The first-order chi connectivity index (χ1) is 28.2. The molecule has 57 heavy (non-hydrogen) atoms. The number of aromatic nitrogens is 1. The van der Waals surface area contributed by atoms with Crippen molar-refractivity contribution in [3.05, 3.63) is 206 Å². The molecule has 0 bridgehead atoms. The van der Waals surface area contributed by atoms with Gasteiger partial charge in [-0.3, -0.25) is 0 Å². The molecule has 0 saturated heterocycles. The van der Waals surface area contributed by atoms with Gasteiger partial charge in [0.2, 0.25) is 5.89 Å². The summed E-state index contributed by atoms with van der Waals surface area (Å²) < 4.78 is 12.5. The van der Waals surface area contributed by atoms with Crippen molar-refractivity contribution in [3.63, 3.8) is 0 Å². The summed E-state index contributed by atoms with van der Waals surface area (Å²) in [5, 5.41) is 4.45. The van der Waals surface area contributed by atoms with Crippen LogP contribution in [0.1, 0.15) is 0 Å². The molecular weight excluding hydrogens is 697 g/mol. The highest BCUT2D eigenvalue weighted by Gasteiger charge is 2.19. The van der Waals surface area contributed by atoms with Gasteiger partial charge in [0.05, 0.1) is 5.69 Å². The standard InChI is InChI=1S/C53H34N2O2/c1-4-12-35(13-5-1)36-20-25-41(26-21-36)55(49-30-29-43(38-14-6-2-7-15-38)44-18-10-11-19-45(44)49)42-27-22-37(23-28-42)40-24-31-50-46(32-40)47-33-48-52(34-51(47)56-50)57-53(54-48)39-16-8-3-9-17-39/h1-34H. The molecule has 0 fully saturated rings. The van der Waals surface area contributed by atoms with E-state index in [1.807, 2.05) is 36.4 Å². The summed E-state index contributed by atoms with van der Waals surface area (Å²) in [6.45, 7) is 0. The summed E-state index contributed by atoms with van der Waals surface area (Å²) in [4.78, 5) is 7.19. The molecule has 11 rings (SSSR count). The van der Waals surface area contributed by atoms with Crippen molar-refractivity contribution < 1.29 is 8.83 Å². The summed E-state index contributed by atoms with van der Waals surface area (Å²) in [6.07, 6.45) is 0. The van der Waals surface area contributed by atoms with Crippen molar-refractivity contribution in [1.29, 1.82) is 0 Å². The molecule has 0 aliphatic heterocycles. The van der Waals surface area contributed by atoms with Crippen molar-refractivity contribution in [2.45, 2.75) is 0 Å². The second kappa shape index (κ2) is 13.6. The fourth-order valence-corrected chi connectivity index (χ4v) is 8.09. The Hall–Kier alpha value is -7.69. The molecule has 0 amide bonds. The third kappa shape index (κ3) is 5.83. The van der Waals surface area contributed by atoms with Crippen LogP contribution in [0.3, 0.4) is 0 Å². The average molecular weight is 731 g/mol. The van der Waals surface area contributed by atoms with Crippen molar-refractivity contribution in [2.24, 2.45) is 0 Å². The topological polar surface area (TPSA) is 42.4 Å². The Morgan fingerprint density at radius 1 is 0.333 bits per heavy atom. The molecule has 0 aliphatic rings. The number of anilines is 3. The van der Waals surface area contributed by atoms with Crippen LogP contribution in [0.5, 0.6) is 0 Å². The van der Waals surface area contributed by atoms with Gasteiger partial charge in [-0.25, -0.2) is 4.98 Å². The fraction of sp³-hybridized carbons (Fsp3) is 0. The van der Waals surface area contributed by atoms with E-state index in [4.69, 9.17) is 13.8 Å². The lowest BCUT2D eigenvalue weighted by atomic mass is 9.96. The third-order valence-electron chi connectivity index (χ3n) is 10.9. The van der Waals surface area contributed by atoms with Gasteiger partial charge in [0.15, 0.2) is 5.58 Å². The summed E-state index contributed by atoms with van der Waals surface area (Å²) in [5.41, 5.74) is 14.4. The summed E-state index contributed by atoms with van der Waals surface area (Å²) >= 11 is 0. The number of hydrogen-bond donors (Lipinski definition) is 0. The Balaban J connectivity index is 1.000. The maximum atomic E-state index is 6.33. The Morgan fingerprint density at radius 2 is 0.877 bits per heavy atom. The SMILES string of the molecule is c1ccc(-c2ccc(N(c3ccc(-c4ccc5oc6cc7oc(-c8ccccc8)nc7cc6c5c4)cc3)c3ccc(-c4ccccc4)c4ccccc34)cc2)cc1. The van der Waals surface area contributed by atoms with Crippen LogP contribution in [0.2, 0.25) is 0 Å². The van der Waals surface area contributed by atoms with Crippen molar-refractivity contribution >= 4 is 60.9 Å². The number of nitrogens with zero attached hydrogens (tertiary/aromatic N) is 2. The highest BCUT2D eigenvalue weighted by atomic mass is 16.4. The minimum Gasteiger partial charge on any atom is -0.456 e. The summed E-state index contributed by atoms with van der Waals surface area (Å²) in [7, 11) is 0. The normalized spacial score (nSPS) is 11.5. The molecule has 11 aromatic rings. The van der Waals surface area contributed by atoms with Gasteiger partial charge in [-0.15, -0.1) is 0 Å². The summed E-state index contributed by atoms with van der Waals surface area (Å²) in [5.74, 6) is 0.602. The molecule has 0 radical (unpaired) electrons. The lowest BCUT2D eigenvalue weighted by Gasteiger charge is -2.28. The molecule has 4 heteroatoms. The maximum Gasteiger partial charge on any atom is 0.227 e. The lowest BCUT2D eigenvalue weighted by Crippen LogP contribution is -2.10. The highest BCUT2D eigenvalue weighted by molar-refractivity contribution is 6.10. The Labute approximate surface area is 329 Å². The zero-order valence-corrected chi connectivity index (χ0v) is 30.8. The Bertz CT molecular complexity index is 3200. The first kappa shape index (κ1) is 32.7. The number of hydrogen-bond acceptors (Lipinski definition) is 4. The van der Waals surface area contributed by atoms with Crippen molar-refractivity contribution in [1.82, 2.24) is 4.98 Å². The van der Waals surface area contributed by atoms with Crippen LogP contribution in [-0.2, 0) is 0 Å².